The van der Waals surface area contributed by atoms with E-state index in [-0.39, 0.29) is 55.0 Å². The van der Waals surface area contributed by atoms with Crippen molar-refractivity contribution < 1.29 is 33.6 Å². The summed E-state index contributed by atoms with van der Waals surface area (Å²) in [7, 11) is 0. The fraction of sp³-hybridized carbons (Fsp3) is 0.400. The molecule has 3 aromatic rings. The van der Waals surface area contributed by atoms with E-state index in [1.165, 1.54) is 12.1 Å². The highest BCUT2D eigenvalue weighted by Crippen LogP contribution is 2.31. The summed E-state index contributed by atoms with van der Waals surface area (Å²) in [5.41, 5.74) is 1.47. The normalized spacial score (nSPS) is 25.2. The van der Waals surface area contributed by atoms with Crippen LogP contribution in [0.4, 0.5) is 4.39 Å². The molecule has 164 valence electrons. The number of nitrogens with one attached hydrogen (secondary N) is 1. The van der Waals surface area contributed by atoms with Crippen molar-refractivity contribution in [1.29, 1.82) is 0 Å². The van der Waals surface area contributed by atoms with Crippen LogP contribution in [0.2, 0.25) is 5.02 Å². The first-order valence-electron chi connectivity index (χ1n) is 9.67. The number of hydrogen-bond acceptors (Lipinski definition) is 8. The van der Waals surface area contributed by atoms with E-state index in [0.29, 0.717) is 16.7 Å². The van der Waals surface area contributed by atoms with E-state index in [0.717, 1.165) is 0 Å². The van der Waals surface area contributed by atoms with Gasteiger partial charge < -0.3 is 34.1 Å². The van der Waals surface area contributed by atoms with Gasteiger partial charge >= 0.3 is 0 Å². The Labute approximate surface area is 180 Å². The van der Waals surface area contributed by atoms with E-state index in [1.54, 1.807) is 12.1 Å². The summed E-state index contributed by atoms with van der Waals surface area (Å²) in [5.74, 6) is -0.415. The van der Waals surface area contributed by atoms with Gasteiger partial charge in [-0.3, -0.25) is 0 Å². The van der Waals surface area contributed by atoms with Crippen molar-refractivity contribution in [3.05, 3.63) is 46.2 Å². The van der Waals surface area contributed by atoms with Crippen molar-refractivity contribution in [1.82, 2.24) is 15.0 Å². The zero-order valence-corrected chi connectivity index (χ0v) is 16.9. The van der Waals surface area contributed by atoms with Gasteiger partial charge in [-0.2, -0.15) is 9.97 Å². The molecule has 0 saturated carbocycles. The van der Waals surface area contributed by atoms with Crippen LogP contribution in [0.3, 0.4) is 0 Å². The average Bonchev–Trinajstić information content (AvgIpc) is 3.44. The molecule has 4 heterocycles. The van der Waals surface area contributed by atoms with E-state index in [2.05, 4.69) is 15.0 Å². The van der Waals surface area contributed by atoms with Crippen LogP contribution in [0.5, 0.6) is 11.9 Å². The van der Waals surface area contributed by atoms with Gasteiger partial charge in [0, 0.05) is 5.56 Å². The third kappa shape index (κ3) is 3.81. The highest BCUT2D eigenvalue weighted by atomic mass is 35.5. The van der Waals surface area contributed by atoms with Crippen LogP contribution < -0.4 is 9.47 Å². The first-order valence-corrected chi connectivity index (χ1v) is 10.1. The molecule has 1 unspecified atom stereocenters. The predicted molar refractivity (Wildman–Crippen MR) is 105 cm³/mol. The lowest BCUT2D eigenvalue weighted by atomic mass is 10.1. The number of fused-ring (bicyclic) bond motifs is 2. The smallest absolute Gasteiger partial charge is 0.296 e. The van der Waals surface area contributed by atoms with Crippen molar-refractivity contribution in [3.63, 3.8) is 0 Å². The lowest BCUT2D eigenvalue weighted by Crippen LogP contribution is -2.34. The Balaban J connectivity index is 1.33. The third-order valence-corrected chi connectivity index (χ3v) is 5.63. The summed E-state index contributed by atoms with van der Waals surface area (Å²) >= 11 is 6.26. The number of ether oxygens (including phenoxy) is 4. The van der Waals surface area contributed by atoms with Gasteiger partial charge in [0.15, 0.2) is 11.8 Å². The van der Waals surface area contributed by atoms with Crippen molar-refractivity contribution in [2.24, 2.45) is 0 Å². The standard InChI is InChI=1S/C20H19ClFN3O6/c21-11-4-13-18(24-19(11)30-6-10-9(5-26)2-1-3-12(10)22)25-20(23-13)31-15-8-29-16-14(27)7-28-17(15)16/h1-4,14-17,26-27H,5-8H2,(H,23,24,25)/t14-,15-,16-,17?/m1/s1. The lowest BCUT2D eigenvalue weighted by molar-refractivity contribution is 0.00706. The van der Waals surface area contributed by atoms with Crippen LogP contribution in [-0.4, -0.2) is 62.8 Å². The minimum atomic E-state index is -0.671. The third-order valence-electron chi connectivity index (χ3n) is 5.36. The molecule has 2 fully saturated rings. The van der Waals surface area contributed by atoms with E-state index in [4.69, 9.17) is 30.5 Å². The number of rotatable bonds is 6. The minimum absolute atomic E-state index is 0.0749. The van der Waals surface area contributed by atoms with Crippen molar-refractivity contribution >= 4 is 22.8 Å². The molecule has 2 aromatic heterocycles. The zero-order chi connectivity index (χ0) is 21.5. The molecule has 0 spiro atoms. The number of nitrogens with zero attached hydrogens (tertiary/aromatic N) is 2. The number of aliphatic hydroxyl groups is 2. The number of hydrogen-bond donors (Lipinski definition) is 3. The number of imidazole rings is 1. The maximum absolute atomic E-state index is 14.1. The maximum atomic E-state index is 14.1. The van der Waals surface area contributed by atoms with Crippen LogP contribution in [-0.2, 0) is 22.7 Å². The molecule has 0 aliphatic carbocycles. The molecule has 4 atom stereocenters. The van der Waals surface area contributed by atoms with Crippen molar-refractivity contribution in [2.75, 3.05) is 13.2 Å². The highest BCUT2D eigenvalue weighted by molar-refractivity contribution is 6.32. The monoisotopic (exact) mass is 451 g/mol. The van der Waals surface area contributed by atoms with Gasteiger partial charge in [-0.15, -0.1) is 0 Å². The molecular weight excluding hydrogens is 433 g/mol. The summed E-state index contributed by atoms with van der Waals surface area (Å²) in [4.78, 5) is 11.6. The second kappa shape index (κ2) is 8.21. The second-order valence-electron chi connectivity index (χ2n) is 7.33. The number of benzene rings is 1. The SMILES string of the molecule is OCc1cccc(F)c1COc1nc2nc(O[C@@H]3CO[C@H]4C3OC[C@H]4O)[nH]c2cc1Cl. The fourth-order valence-corrected chi connectivity index (χ4v) is 3.98. The number of aromatic nitrogens is 3. The zero-order valence-electron chi connectivity index (χ0n) is 16.1. The largest absolute Gasteiger partial charge is 0.472 e. The van der Waals surface area contributed by atoms with Crippen molar-refractivity contribution in [2.45, 2.75) is 37.6 Å². The Morgan fingerprint density at radius 1 is 1.23 bits per heavy atom. The van der Waals surface area contributed by atoms with E-state index in [9.17, 15) is 14.6 Å². The van der Waals surface area contributed by atoms with E-state index in [1.807, 2.05) is 0 Å². The predicted octanol–water partition coefficient (Wildman–Crippen LogP) is 1.73. The number of aliphatic hydroxyl groups excluding tert-OH is 2. The molecule has 3 N–H and O–H groups in total. The Kier molecular flexibility index (Phi) is 5.40. The summed E-state index contributed by atoms with van der Waals surface area (Å²) in [6, 6.07) is 6.20. The van der Waals surface area contributed by atoms with Gasteiger partial charge in [-0.25, -0.2) is 4.39 Å². The second-order valence-corrected chi connectivity index (χ2v) is 7.74. The first-order chi connectivity index (χ1) is 15.0. The van der Waals surface area contributed by atoms with Crippen LogP contribution in [0.15, 0.2) is 24.3 Å². The molecule has 0 amide bonds. The number of H-pyrrole nitrogens is 1. The van der Waals surface area contributed by atoms with Gasteiger partial charge in [-0.05, 0) is 17.7 Å². The lowest BCUT2D eigenvalue weighted by Gasteiger charge is -2.15. The Morgan fingerprint density at radius 2 is 2.06 bits per heavy atom. The molecule has 5 rings (SSSR count). The first kappa shape index (κ1) is 20.4. The molecule has 0 radical (unpaired) electrons. The van der Waals surface area contributed by atoms with Gasteiger partial charge in [-0.1, -0.05) is 23.7 Å². The van der Waals surface area contributed by atoms with E-state index < -0.39 is 24.1 Å². The molecule has 11 heteroatoms. The summed E-state index contributed by atoms with van der Waals surface area (Å²) < 4.78 is 36.6. The fourth-order valence-electron chi connectivity index (χ4n) is 3.78. The van der Waals surface area contributed by atoms with E-state index >= 15 is 0 Å². The molecule has 2 aliphatic heterocycles. The van der Waals surface area contributed by atoms with Crippen LogP contribution in [0.25, 0.3) is 11.2 Å². The summed E-state index contributed by atoms with van der Waals surface area (Å²) in [5, 5.41) is 19.4. The average molecular weight is 452 g/mol. The van der Waals surface area contributed by atoms with Crippen molar-refractivity contribution in [3.8, 4) is 11.9 Å². The highest BCUT2D eigenvalue weighted by Gasteiger charge is 2.48. The molecule has 2 aliphatic rings. The van der Waals surface area contributed by atoms with Crippen LogP contribution in [0, 0.1) is 5.82 Å². The minimum Gasteiger partial charge on any atom is -0.472 e. The van der Waals surface area contributed by atoms with Gasteiger partial charge in [0.1, 0.15) is 35.8 Å². The van der Waals surface area contributed by atoms with Gasteiger partial charge in [0.25, 0.3) is 6.01 Å². The molecule has 9 nitrogen and oxygen atoms in total. The topological polar surface area (TPSA) is 119 Å². The number of aromatic amines is 1. The molecule has 31 heavy (non-hydrogen) atoms. The molecule has 2 saturated heterocycles. The number of halogens is 2. The quantitative estimate of drug-likeness (QED) is 0.518. The number of pyridine rings is 1. The van der Waals surface area contributed by atoms with Gasteiger partial charge in [0.05, 0.1) is 25.3 Å². The molecule has 1 aromatic carbocycles. The maximum Gasteiger partial charge on any atom is 0.296 e. The Hall–Kier alpha value is -2.50. The van der Waals surface area contributed by atoms with Crippen LogP contribution >= 0.6 is 11.6 Å². The Bertz CT molecular complexity index is 1110. The summed E-state index contributed by atoms with van der Waals surface area (Å²) in [6.45, 7) is -0.00405. The van der Waals surface area contributed by atoms with Gasteiger partial charge in [0.2, 0.25) is 5.88 Å². The van der Waals surface area contributed by atoms with Crippen LogP contribution in [0.1, 0.15) is 11.1 Å². The Morgan fingerprint density at radius 3 is 2.90 bits per heavy atom. The molecule has 0 bridgehead atoms. The summed E-state index contributed by atoms with van der Waals surface area (Å²) in [6.07, 6.45) is -1.88. The molecular formula is C20H19ClFN3O6.